The van der Waals surface area contributed by atoms with E-state index in [0.29, 0.717) is 29.6 Å². The van der Waals surface area contributed by atoms with E-state index in [9.17, 15) is 4.79 Å². The highest BCUT2D eigenvalue weighted by molar-refractivity contribution is 6.33. The van der Waals surface area contributed by atoms with Gasteiger partial charge in [0.1, 0.15) is 5.75 Å². The summed E-state index contributed by atoms with van der Waals surface area (Å²) in [5, 5.41) is 3.09. The first kappa shape index (κ1) is 14.6. The van der Waals surface area contributed by atoms with Gasteiger partial charge < -0.3 is 20.5 Å². The second-order valence-electron chi connectivity index (χ2n) is 3.73. The highest BCUT2D eigenvalue weighted by atomic mass is 35.5. The SMILES string of the molecule is COCCNC(=O)C(C)Oc1ccc(N)c(Cl)c1. The van der Waals surface area contributed by atoms with Gasteiger partial charge in [0.15, 0.2) is 6.10 Å². The van der Waals surface area contributed by atoms with Crippen molar-refractivity contribution in [2.75, 3.05) is 26.0 Å². The Morgan fingerprint density at radius 1 is 1.56 bits per heavy atom. The standard InChI is InChI=1S/C12H17ClN2O3/c1-8(12(16)15-5-6-17-2)18-9-3-4-11(14)10(13)7-9/h3-4,7-8H,5-6,14H2,1-2H3,(H,15,16). The zero-order valence-corrected chi connectivity index (χ0v) is 11.2. The Bertz CT molecular complexity index is 412. The van der Waals surface area contributed by atoms with E-state index in [1.807, 2.05) is 0 Å². The molecule has 0 spiro atoms. The lowest BCUT2D eigenvalue weighted by Crippen LogP contribution is -2.37. The third-order valence-corrected chi connectivity index (χ3v) is 2.59. The molecule has 3 N–H and O–H groups in total. The van der Waals surface area contributed by atoms with E-state index < -0.39 is 6.10 Å². The van der Waals surface area contributed by atoms with Crippen LogP contribution in [0.4, 0.5) is 5.69 Å². The fourth-order valence-electron chi connectivity index (χ4n) is 1.26. The Balaban J connectivity index is 2.50. The van der Waals surface area contributed by atoms with Gasteiger partial charge in [-0.3, -0.25) is 4.79 Å². The molecule has 1 aromatic carbocycles. The van der Waals surface area contributed by atoms with Gasteiger partial charge in [0.2, 0.25) is 0 Å². The topological polar surface area (TPSA) is 73.6 Å². The third kappa shape index (κ3) is 4.43. The van der Waals surface area contributed by atoms with Gasteiger partial charge in [0, 0.05) is 19.7 Å². The number of nitrogen functional groups attached to an aromatic ring is 1. The summed E-state index contributed by atoms with van der Waals surface area (Å²) in [6.45, 7) is 2.57. The summed E-state index contributed by atoms with van der Waals surface area (Å²) in [6, 6.07) is 4.88. The molecule has 0 radical (unpaired) electrons. The number of carbonyl (C=O) groups is 1. The van der Waals surface area contributed by atoms with E-state index in [2.05, 4.69) is 5.32 Å². The van der Waals surface area contributed by atoms with Gasteiger partial charge in [-0.25, -0.2) is 0 Å². The van der Waals surface area contributed by atoms with Gasteiger partial charge in [-0.2, -0.15) is 0 Å². The normalized spacial score (nSPS) is 11.9. The highest BCUT2D eigenvalue weighted by Gasteiger charge is 2.14. The Kier molecular flexibility index (Phi) is 5.74. The molecule has 0 aliphatic rings. The molecule has 5 nitrogen and oxygen atoms in total. The minimum Gasteiger partial charge on any atom is -0.481 e. The first-order chi connectivity index (χ1) is 8.54. The van der Waals surface area contributed by atoms with E-state index in [-0.39, 0.29) is 5.91 Å². The van der Waals surface area contributed by atoms with Crippen LogP contribution < -0.4 is 15.8 Å². The number of hydrogen-bond donors (Lipinski definition) is 2. The molecule has 0 saturated carbocycles. The van der Waals surface area contributed by atoms with Crippen molar-refractivity contribution in [1.82, 2.24) is 5.32 Å². The summed E-state index contributed by atoms with van der Waals surface area (Å²) in [4.78, 5) is 11.6. The van der Waals surface area contributed by atoms with Crippen molar-refractivity contribution < 1.29 is 14.3 Å². The summed E-state index contributed by atoms with van der Waals surface area (Å²) in [6.07, 6.45) is -0.610. The van der Waals surface area contributed by atoms with Gasteiger partial charge in [0.25, 0.3) is 5.91 Å². The zero-order chi connectivity index (χ0) is 13.5. The number of rotatable bonds is 6. The number of halogens is 1. The molecular formula is C12H17ClN2O3. The lowest BCUT2D eigenvalue weighted by atomic mass is 10.3. The summed E-state index contributed by atoms with van der Waals surface area (Å²) in [5.74, 6) is 0.295. The summed E-state index contributed by atoms with van der Waals surface area (Å²) in [5.41, 5.74) is 6.05. The van der Waals surface area contributed by atoms with Crippen LogP contribution in [0.1, 0.15) is 6.92 Å². The molecule has 1 rings (SSSR count). The number of ether oxygens (including phenoxy) is 2. The first-order valence-corrected chi connectivity index (χ1v) is 5.90. The van der Waals surface area contributed by atoms with Crippen LogP contribution in [0.15, 0.2) is 18.2 Å². The van der Waals surface area contributed by atoms with Gasteiger partial charge in [0.05, 0.1) is 17.3 Å². The van der Waals surface area contributed by atoms with E-state index in [0.717, 1.165) is 0 Å². The molecule has 6 heteroatoms. The average Bonchev–Trinajstić information content (AvgIpc) is 2.34. The summed E-state index contributed by atoms with van der Waals surface area (Å²) < 4.78 is 10.3. The van der Waals surface area contributed by atoms with Crippen molar-refractivity contribution in [3.63, 3.8) is 0 Å². The number of amides is 1. The van der Waals surface area contributed by atoms with Gasteiger partial charge >= 0.3 is 0 Å². The van der Waals surface area contributed by atoms with Crippen molar-refractivity contribution >= 4 is 23.2 Å². The van der Waals surface area contributed by atoms with Crippen LogP contribution in [0, 0.1) is 0 Å². The molecule has 0 heterocycles. The molecule has 1 unspecified atom stereocenters. The van der Waals surface area contributed by atoms with E-state index in [1.54, 1.807) is 32.2 Å². The number of hydrogen-bond acceptors (Lipinski definition) is 4. The lowest BCUT2D eigenvalue weighted by molar-refractivity contribution is -0.127. The van der Waals surface area contributed by atoms with E-state index >= 15 is 0 Å². The largest absolute Gasteiger partial charge is 0.481 e. The van der Waals surface area contributed by atoms with Gasteiger partial charge in [-0.15, -0.1) is 0 Å². The Labute approximate surface area is 111 Å². The second kappa shape index (κ2) is 7.08. The maximum absolute atomic E-state index is 11.6. The number of benzene rings is 1. The molecule has 1 aromatic rings. The maximum Gasteiger partial charge on any atom is 0.260 e. The number of carbonyl (C=O) groups excluding carboxylic acids is 1. The number of methoxy groups -OCH3 is 1. The number of nitrogens with one attached hydrogen (secondary N) is 1. The molecule has 0 aromatic heterocycles. The molecule has 1 atom stereocenters. The average molecular weight is 273 g/mol. The minimum atomic E-state index is -0.610. The van der Waals surface area contributed by atoms with Crippen molar-refractivity contribution in [3.05, 3.63) is 23.2 Å². The van der Waals surface area contributed by atoms with Gasteiger partial charge in [-0.1, -0.05) is 11.6 Å². The van der Waals surface area contributed by atoms with E-state index in [1.165, 1.54) is 0 Å². The zero-order valence-electron chi connectivity index (χ0n) is 10.4. The molecule has 1 amide bonds. The van der Waals surface area contributed by atoms with E-state index in [4.69, 9.17) is 26.8 Å². The van der Waals surface area contributed by atoms with Crippen LogP contribution in [0.25, 0.3) is 0 Å². The molecule has 18 heavy (non-hydrogen) atoms. The fraction of sp³-hybridized carbons (Fsp3) is 0.417. The highest BCUT2D eigenvalue weighted by Crippen LogP contribution is 2.24. The van der Waals surface area contributed by atoms with Crippen LogP contribution in [0.5, 0.6) is 5.75 Å². The smallest absolute Gasteiger partial charge is 0.260 e. The van der Waals surface area contributed by atoms with Crippen LogP contribution in [-0.4, -0.2) is 32.3 Å². The van der Waals surface area contributed by atoms with Crippen LogP contribution in [-0.2, 0) is 9.53 Å². The predicted molar refractivity (Wildman–Crippen MR) is 70.8 cm³/mol. The Hall–Kier alpha value is -1.46. The third-order valence-electron chi connectivity index (χ3n) is 2.26. The lowest BCUT2D eigenvalue weighted by Gasteiger charge is -2.15. The predicted octanol–water partition coefficient (Wildman–Crippen LogP) is 1.45. The summed E-state index contributed by atoms with van der Waals surface area (Å²) >= 11 is 5.86. The van der Waals surface area contributed by atoms with Crippen LogP contribution >= 0.6 is 11.6 Å². The second-order valence-corrected chi connectivity index (χ2v) is 4.13. The molecule has 0 saturated heterocycles. The minimum absolute atomic E-state index is 0.208. The summed E-state index contributed by atoms with van der Waals surface area (Å²) in [7, 11) is 1.57. The number of anilines is 1. The monoisotopic (exact) mass is 272 g/mol. The maximum atomic E-state index is 11.6. The van der Waals surface area contributed by atoms with Crippen LogP contribution in [0.3, 0.4) is 0 Å². The van der Waals surface area contributed by atoms with Gasteiger partial charge in [-0.05, 0) is 19.1 Å². The molecule has 0 fully saturated rings. The van der Waals surface area contributed by atoms with Crippen molar-refractivity contribution in [2.24, 2.45) is 0 Å². The molecular weight excluding hydrogens is 256 g/mol. The van der Waals surface area contributed by atoms with Crippen molar-refractivity contribution in [3.8, 4) is 5.75 Å². The first-order valence-electron chi connectivity index (χ1n) is 5.53. The Morgan fingerprint density at radius 2 is 2.28 bits per heavy atom. The number of nitrogens with two attached hydrogens (primary N) is 1. The fourth-order valence-corrected chi connectivity index (χ4v) is 1.43. The quantitative estimate of drug-likeness (QED) is 0.607. The molecule has 100 valence electrons. The van der Waals surface area contributed by atoms with Crippen molar-refractivity contribution in [1.29, 1.82) is 0 Å². The molecule has 0 bridgehead atoms. The molecule has 0 aliphatic heterocycles. The van der Waals surface area contributed by atoms with Crippen molar-refractivity contribution in [2.45, 2.75) is 13.0 Å². The van der Waals surface area contributed by atoms with Crippen LogP contribution in [0.2, 0.25) is 5.02 Å². The Morgan fingerprint density at radius 3 is 2.89 bits per heavy atom. The molecule has 0 aliphatic carbocycles.